The van der Waals surface area contributed by atoms with Crippen LogP contribution in [-0.2, 0) is 4.79 Å². The number of aromatic nitrogens is 1. The van der Waals surface area contributed by atoms with Crippen molar-refractivity contribution in [2.45, 2.75) is 38.1 Å². The average Bonchev–Trinajstić information content (AvgIpc) is 2.85. The topological polar surface area (TPSA) is 42.4 Å². The molecule has 0 aliphatic carbocycles. The van der Waals surface area contributed by atoms with Crippen LogP contribution in [0.25, 0.3) is 0 Å². The largest absolute Gasteiger partial charge is 0.490 e. The monoisotopic (exact) mass is 282 g/mol. The normalized spacial score (nSPS) is 20.4. The maximum atomic E-state index is 12.0. The average molecular weight is 283 g/mol. The second-order valence-corrected chi connectivity index (χ2v) is 5.50. The van der Waals surface area contributed by atoms with Gasteiger partial charge in [-0.25, -0.2) is 0 Å². The van der Waals surface area contributed by atoms with Crippen LogP contribution in [-0.4, -0.2) is 40.4 Å². The molecule has 19 heavy (non-hydrogen) atoms. The molecule has 0 aromatic carbocycles. The first-order chi connectivity index (χ1) is 9.09. The number of carbonyl (C=O) groups is 1. The SMILES string of the molecule is Cc1ncccc1OCC1CCCN1C(=O)C(C)Cl. The van der Waals surface area contributed by atoms with E-state index >= 15 is 0 Å². The molecule has 0 saturated carbocycles. The lowest BCUT2D eigenvalue weighted by atomic mass is 10.2. The number of rotatable bonds is 4. The van der Waals surface area contributed by atoms with Crippen LogP contribution in [0, 0.1) is 6.92 Å². The van der Waals surface area contributed by atoms with E-state index in [4.69, 9.17) is 16.3 Å². The van der Waals surface area contributed by atoms with E-state index in [0.717, 1.165) is 30.8 Å². The number of amides is 1. The van der Waals surface area contributed by atoms with E-state index in [1.807, 2.05) is 24.0 Å². The molecule has 2 rings (SSSR count). The molecule has 2 atom stereocenters. The van der Waals surface area contributed by atoms with Gasteiger partial charge < -0.3 is 9.64 Å². The van der Waals surface area contributed by atoms with Gasteiger partial charge >= 0.3 is 0 Å². The number of pyridine rings is 1. The first kappa shape index (κ1) is 14.1. The quantitative estimate of drug-likeness (QED) is 0.797. The van der Waals surface area contributed by atoms with E-state index in [9.17, 15) is 4.79 Å². The smallest absolute Gasteiger partial charge is 0.240 e. The first-order valence-electron chi connectivity index (χ1n) is 6.58. The Balaban J connectivity index is 1.95. The van der Waals surface area contributed by atoms with Gasteiger partial charge in [-0.1, -0.05) is 0 Å². The number of likely N-dealkylation sites (tertiary alicyclic amines) is 1. The summed E-state index contributed by atoms with van der Waals surface area (Å²) in [7, 11) is 0. The molecule has 1 fully saturated rings. The van der Waals surface area contributed by atoms with E-state index in [-0.39, 0.29) is 11.9 Å². The molecule has 1 aromatic rings. The molecule has 0 N–H and O–H groups in total. The standard InChI is InChI=1S/C14H19ClN2O2/c1-10(15)14(18)17-8-4-5-12(17)9-19-13-6-3-7-16-11(13)2/h3,6-7,10,12H,4-5,8-9H2,1-2H3. The van der Waals surface area contributed by atoms with Gasteiger partial charge in [0.05, 0.1) is 11.7 Å². The maximum Gasteiger partial charge on any atom is 0.240 e. The summed E-state index contributed by atoms with van der Waals surface area (Å²) >= 11 is 5.87. The van der Waals surface area contributed by atoms with E-state index in [1.54, 1.807) is 13.1 Å². The summed E-state index contributed by atoms with van der Waals surface area (Å²) in [4.78, 5) is 18.0. The highest BCUT2D eigenvalue weighted by Gasteiger charge is 2.31. The van der Waals surface area contributed by atoms with Crippen molar-refractivity contribution in [2.75, 3.05) is 13.2 Å². The number of nitrogens with zero attached hydrogens (tertiary/aromatic N) is 2. The van der Waals surface area contributed by atoms with Crippen LogP contribution < -0.4 is 4.74 Å². The zero-order valence-electron chi connectivity index (χ0n) is 11.3. The number of hydrogen-bond donors (Lipinski definition) is 0. The van der Waals surface area contributed by atoms with Crippen LogP contribution in [0.3, 0.4) is 0 Å². The molecule has 1 aliphatic rings. The Morgan fingerprint density at radius 1 is 1.68 bits per heavy atom. The first-order valence-corrected chi connectivity index (χ1v) is 7.02. The van der Waals surface area contributed by atoms with E-state index in [1.165, 1.54) is 0 Å². The molecule has 0 bridgehead atoms. The maximum absolute atomic E-state index is 12.0. The Kier molecular flexibility index (Phi) is 4.64. The van der Waals surface area contributed by atoms with Gasteiger partial charge in [-0.2, -0.15) is 0 Å². The predicted molar refractivity (Wildman–Crippen MR) is 74.5 cm³/mol. The molecule has 0 radical (unpaired) electrons. The number of carbonyl (C=O) groups excluding carboxylic acids is 1. The van der Waals surface area contributed by atoms with Crippen LogP contribution in [0.1, 0.15) is 25.5 Å². The van der Waals surface area contributed by atoms with Crippen molar-refractivity contribution < 1.29 is 9.53 Å². The zero-order valence-corrected chi connectivity index (χ0v) is 12.1. The Labute approximate surface area is 118 Å². The van der Waals surface area contributed by atoms with Gasteiger partial charge in [-0.05, 0) is 38.8 Å². The lowest BCUT2D eigenvalue weighted by Crippen LogP contribution is -2.42. The summed E-state index contributed by atoms with van der Waals surface area (Å²) in [5.41, 5.74) is 0.865. The van der Waals surface area contributed by atoms with Gasteiger partial charge in [-0.3, -0.25) is 9.78 Å². The summed E-state index contributed by atoms with van der Waals surface area (Å²) in [5.74, 6) is 0.774. The van der Waals surface area contributed by atoms with Crippen molar-refractivity contribution in [1.29, 1.82) is 0 Å². The van der Waals surface area contributed by atoms with Crippen LogP contribution >= 0.6 is 11.6 Å². The molecule has 104 valence electrons. The fourth-order valence-electron chi connectivity index (χ4n) is 2.34. The molecule has 1 aromatic heterocycles. The third-order valence-corrected chi connectivity index (χ3v) is 3.58. The molecular weight excluding hydrogens is 264 g/mol. The number of alkyl halides is 1. The Bertz CT molecular complexity index is 451. The summed E-state index contributed by atoms with van der Waals surface area (Å²) in [6.45, 7) is 4.90. The fourth-order valence-corrected chi connectivity index (χ4v) is 2.46. The van der Waals surface area contributed by atoms with E-state index < -0.39 is 5.38 Å². The lowest BCUT2D eigenvalue weighted by Gasteiger charge is -2.26. The van der Waals surface area contributed by atoms with Gasteiger partial charge in [0, 0.05) is 12.7 Å². The van der Waals surface area contributed by atoms with Gasteiger partial charge in [0.15, 0.2) is 0 Å². The Morgan fingerprint density at radius 2 is 2.47 bits per heavy atom. The summed E-state index contributed by atoms with van der Waals surface area (Å²) in [6, 6.07) is 3.86. The van der Waals surface area contributed by atoms with Crippen molar-refractivity contribution >= 4 is 17.5 Å². The predicted octanol–water partition coefficient (Wildman–Crippen LogP) is 2.39. The zero-order chi connectivity index (χ0) is 13.8. The van der Waals surface area contributed by atoms with Crippen molar-refractivity contribution in [3.63, 3.8) is 0 Å². The molecule has 1 saturated heterocycles. The third-order valence-electron chi connectivity index (χ3n) is 3.39. The Morgan fingerprint density at radius 3 is 3.16 bits per heavy atom. The molecule has 2 heterocycles. The minimum absolute atomic E-state index is 0.00400. The van der Waals surface area contributed by atoms with Crippen LogP contribution in [0.5, 0.6) is 5.75 Å². The summed E-state index contributed by atoms with van der Waals surface area (Å²) < 4.78 is 5.78. The minimum Gasteiger partial charge on any atom is -0.490 e. The number of halogens is 1. The number of hydrogen-bond acceptors (Lipinski definition) is 3. The second-order valence-electron chi connectivity index (χ2n) is 4.84. The number of aryl methyl sites for hydroxylation is 1. The lowest BCUT2D eigenvalue weighted by molar-refractivity contribution is -0.131. The van der Waals surface area contributed by atoms with Gasteiger partial charge in [0.2, 0.25) is 5.91 Å². The highest BCUT2D eigenvalue weighted by molar-refractivity contribution is 6.30. The van der Waals surface area contributed by atoms with E-state index in [2.05, 4.69) is 4.98 Å². The van der Waals surface area contributed by atoms with Gasteiger partial charge in [0.1, 0.15) is 17.7 Å². The third kappa shape index (κ3) is 3.38. The van der Waals surface area contributed by atoms with Crippen molar-refractivity contribution in [2.24, 2.45) is 0 Å². The number of ether oxygens (including phenoxy) is 1. The Hall–Kier alpha value is -1.29. The molecular formula is C14H19ClN2O2. The van der Waals surface area contributed by atoms with Crippen LogP contribution in [0.2, 0.25) is 0 Å². The highest BCUT2D eigenvalue weighted by Crippen LogP contribution is 2.21. The molecule has 4 nitrogen and oxygen atoms in total. The fraction of sp³-hybridized carbons (Fsp3) is 0.571. The minimum atomic E-state index is -0.472. The summed E-state index contributed by atoms with van der Waals surface area (Å²) in [5, 5.41) is -0.472. The summed E-state index contributed by atoms with van der Waals surface area (Å²) in [6.07, 6.45) is 3.72. The highest BCUT2D eigenvalue weighted by atomic mass is 35.5. The molecule has 2 unspecified atom stereocenters. The van der Waals surface area contributed by atoms with Crippen LogP contribution in [0.4, 0.5) is 0 Å². The van der Waals surface area contributed by atoms with Gasteiger partial charge in [-0.15, -0.1) is 11.6 Å². The second kappa shape index (κ2) is 6.24. The van der Waals surface area contributed by atoms with E-state index in [0.29, 0.717) is 6.61 Å². The van der Waals surface area contributed by atoms with Crippen molar-refractivity contribution in [3.05, 3.63) is 24.0 Å². The molecule has 0 spiro atoms. The molecule has 5 heteroatoms. The van der Waals surface area contributed by atoms with Crippen molar-refractivity contribution in [3.8, 4) is 5.75 Å². The molecule has 1 aliphatic heterocycles. The molecule has 1 amide bonds. The van der Waals surface area contributed by atoms with Crippen LogP contribution in [0.15, 0.2) is 18.3 Å². The van der Waals surface area contributed by atoms with Gasteiger partial charge in [0.25, 0.3) is 0 Å². The van der Waals surface area contributed by atoms with Crippen molar-refractivity contribution in [1.82, 2.24) is 9.88 Å².